The molecule has 3 rings (SSSR count). The number of hydrogen-bond donors (Lipinski definition) is 2. The van der Waals surface area contributed by atoms with Crippen LogP contribution in [0.4, 0.5) is 0 Å². The SMILES string of the molecule is CC(C)n1nc(C(=O)NNS(=O)(=O)/C=C/c2ccc(Cl)cc2)c2ccccc2c1=O. The van der Waals surface area contributed by atoms with E-state index in [0.29, 0.717) is 21.4 Å². The van der Waals surface area contributed by atoms with Gasteiger partial charge in [0.25, 0.3) is 21.5 Å². The smallest absolute Gasteiger partial charge is 0.272 e. The minimum absolute atomic E-state index is 0.0664. The summed E-state index contributed by atoms with van der Waals surface area (Å²) in [5.74, 6) is -0.788. The van der Waals surface area contributed by atoms with E-state index < -0.39 is 15.9 Å². The summed E-state index contributed by atoms with van der Waals surface area (Å²) >= 11 is 5.80. The molecule has 1 amide bonds. The lowest BCUT2D eigenvalue weighted by atomic mass is 10.1. The number of halogens is 1. The predicted molar refractivity (Wildman–Crippen MR) is 116 cm³/mol. The van der Waals surface area contributed by atoms with Crippen molar-refractivity contribution in [3.05, 3.63) is 80.6 Å². The molecule has 0 aliphatic carbocycles. The van der Waals surface area contributed by atoms with Gasteiger partial charge in [0.15, 0.2) is 5.69 Å². The van der Waals surface area contributed by atoms with Crippen LogP contribution < -0.4 is 15.8 Å². The lowest BCUT2D eigenvalue weighted by Crippen LogP contribution is -2.42. The van der Waals surface area contributed by atoms with Crippen molar-refractivity contribution in [2.45, 2.75) is 19.9 Å². The summed E-state index contributed by atoms with van der Waals surface area (Å²) in [4.78, 5) is 27.2. The van der Waals surface area contributed by atoms with E-state index in [2.05, 4.69) is 10.5 Å². The van der Waals surface area contributed by atoms with Crippen molar-refractivity contribution in [1.29, 1.82) is 0 Å². The average Bonchev–Trinajstić information content (AvgIpc) is 2.72. The number of carbonyl (C=O) groups is 1. The molecule has 1 heterocycles. The zero-order valence-corrected chi connectivity index (χ0v) is 17.7. The topological polar surface area (TPSA) is 110 Å². The van der Waals surface area contributed by atoms with Crippen molar-refractivity contribution in [1.82, 2.24) is 20.0 Å². The lowest BCUT2D eigenvalue weighted by Gasteiger charge is -2.13. The summed E-state index contributed by atoms with van der Waals surface area (Å²) in [7, 11) is -3.97. The molecule has 0 radical (unpaired) electrons. The van der Waals surface area contributed by atoms with Gasteiger partial charge < -0.3 is 0 Å². The molecular weight excluding hydrogens is 428 g/mol. The van der Waals surface area contributed by atoms with E-state index in [4.69, 9.17) is 11.6 Å². The number of fused-ring (bicyclic) bond motifs is 1. The fourth-order valence-electron chi connectivity index (χ4n) is 2.68. The van der Waals surface area contributed by atoms with Crippen LogP contribution in [0.5, 0.6) is 0 Å². The molecule has 156 valence electrons. The van der Waals surface area contributed by atoms with Gasteiger partial charge in [-0.05, 0) is 43.7 Å². The van der Waals surface area contributed by atoms with Crippen LogP contribution in [0.25, 0.3) is 16.8 Å². The van der Waals surface area contributed by atoms with Gasteiger partial charge in [0.05, 0.1) is 11.4 Å². The molecule has 30 heavy (non-hydrogen) atoms. The van der Waals surface area contributed by atoms with Gasteiger partial charge in [0.2, 0.25) is 0 Å². The highest BCUT2D eigenvalue weighted by Crippen LogP contribution is 2.15. The number of hydrazine groups is 1. The Kier molecular flexibility index (Phi) is 6.35. The molecule has 2 N–H and O–H groups in total. The summed E-state index contributed by atoms with van der Waals surface area (Å²) in [5.41, 5.74) is 2.36. The molecule has 0 fully saturated rings. The predicted octanol–water partition coefficient (Wildman–Crippen LogP) is 2.87. The maximum absolute atomic E-state index is 12.6. The molecule has 8 nitrogen and oxygen atoms in total. The Balaban J connectivity index is 1.84. The number of sulfonamides is 1. The largest absolute Gasteiger partial charge is 0.287 e. The molecule has 0 saturated heterocycles. The first-order valence-corrected chi connectivity index (χ1v) is 10.9. The van der Waals surface area contributed by atoms with Gasteiger partial charge in [-0.1, -0.05) is 41.9 Å². The molecule has 0 aliphatic heterocycles. The van der Waals surface area contributed by atoms with Crippen LogP contribution in [-0.4, -0.2) is 24.1 Å². The van der Waals surface area contributed by atoms with Gasteiger partial charge >= 0.3 is 0 Å². The van der Waals surface area contributed by atoms with E-state index >= 15 is 0 Å². The maximum atomic E-state index is 12.6. The van der Waals surface area contributed by atoms with Crippen LogP contribution >= 0.6 is 11.6 Å². The number of benzene rings is 2. The van der Waals surface area contributed by atoms with E-state index in [9.17, 15) is 18.0 Å². The van der Waals surface area contributed by atoms with Crippen molar-refractivity contribution in [2.24, 2.45) is 0 Å². The molecular formula is C20H19ClN4O4S. The number of hydrogen-bond acceptors (Lipinski definition) is 5. The molecule has 0 atom stereocenters. The highest BCUT2D eigenvalue weighted by molar-refractivity contribution is 7.92. The van der Waals surface area contributed by atoms with E-state index in [-0.39, 0.29) is 17.3 Å². The van der Waals surface area contributed by atoms with Gasteiger partial charge in [0.1, 0.15) is 0 Å². The molecule has 2 aromatic carbocycles. The van der Waals surface area contributed by atoms with Crippen molar-refractivity contribution in [2.75, 3.05) is 0 Å². The summed E-state index contributed by atoms with van der Waals surface area (Å²) < 4.78 is 25.6. The van der Waals surface area contributed by atoms with Crippen LogP contribution in [0.15, 0.2) is 58.7 Å². The fraction of sp³-hybridized carbons (Fsp3) is 0.150. The second-order valence-corrected chi connectivity index (χ2v) is 8.70. The van der Waals surface area contributed by atoms with Crippen molar-refractivity contribution in [3.63, 3.8) is 0 Å². The fourth-order valence-corrected chi connectivity index (χ4v) is 3.44. The zero-order valence-electron chi connectivity index (χ0n) is 16.2. The maximum Gasteiger partial charge on any atom is 0.287 e. The first-order valence-electron chi connectivity index (χ1n) is 8.95. The molecule has 0 unspecified atom stereocenters. The van der Waals surface area contributed by atoms with E-state index in [1.807, 2.05) is 4.83 Å². The minimum Gasteiger partial charge on any atom is -0.272 e. The van der Waals surface area contributed by atoms with Gasteiger partial charge in [-0.15, -0.1) is 4.83 Å². The van der Waals surface area contributed by atoms with Crippen LogP contribution in [0.3, 0.4) is 0 Å². The number of aromatic nitrogens is 2. The van der Waals surface area contributed by atoms with Crippen LogP contribution in [0.1, 0.15) is 35.9 Å². The highest BCUT2D eigenvalue weighted by Gasteiger charge is 2.19. The first kappa shape index (κ1) is 21.7. The number of rotatable bonds is 6. The van der Waals surface area contributed by atoms with Crippen LogP contribution in [0, 0.1) is 0 Å². The lowest BCUT2D eigenvalue weighted by molar-refractivity contribution is 0.0939. The monoisotopic (exact) mass is 446 g/mol. The van der Waals surface area contributed by atoms with Crippen molar-refractivity contribution in [3.8, 4) is 0 Å². The second-order valence-electron chi connectivity index (χ2n) is 6.69. The van der Waals surface area contributed by atoms with Gasteiger partial charge in [-0.25, -0.2) is 13.1 Å². The standard InChI is InChI=1S/C20H19ClN4O4S/c1-13(2)25-20(27)17-6-4-3-5-16(17)18(23-25)19(26)22-24-30(28,29)12-11-14-7-9-15(21)10-8-14/h3-13,24H,1-2H3,(H,22,26)/b12-11+. The molecule has 3 aromatic rings. The number of nitrogens with one attached hydrogen (secondary N) is 2. The van der Waals surface area contributed by atoms with E-state index in [0.717, 1.165) is 5.41 Å². The Morgan fingerprint density at radius 3 is 2.37 bits per heavy atom. The Labute approximate surface area is 178 Å². The molecule has 10 heteroatoms. The molecule has 0 bridgehead atoms. The summed E-state index contributed by atoms with van der Waals surface area (Å²) in [5, 5.41) is 6.22. The molecule has 1 aromatic heterocycles. The zero-order chi connectivity index (χ0) is 21.9. The van der Waals surface area contributed by atoms with Crippen LogP contribution in [-0.2, 0) is 10.0 Å². The normalized spacial score (nSPS) is 12.0. The average molecular weight is 447 g/mol. The third-order valence-corrected chi connectivity index (χ3v) is 5.28. The third-order valence-electron chi connectivity index (χ3n) is 4.15. The third kappa shape index (κ3) is 4.93. The van der Waals surface area contributed by atoms with Gasteiger partial charge in [-0.3, -0.25) is 15.0 Å². The van der Waals surface area contributed by atoms with Gasteiger partial charge in [0, 0.05) is 15.8 Å². The van der Waals surface area contributed by atoms with Crippen molar-refractivity contribution >= 4 is 44.4 Å². The summed E-state index contributed by atoms with van der Waals surface area (Å²) in [6, 6.07) is 12.8. The second kappa shape index (κ2) is 8.78. The Morgan fingerprint density at radius 2 is 1.73 bits per heavy atom. The van der Waals surface area contributed by atoms with E-state index in [1.165, 1.54) is 10.8 Å². The van der Waals surface area contributed by atoms with Crippen molar-refractivity contribution < 1.29 is 13.2 Å². The number of amides is 1. The number of carbonyl (C=O) groups excluding carboxylic acids is 1. The number of nitrogens with zero attached hydrogens (tertiary/aromatic N) is 2. The Bertz CT molecular complexity index is 1280. The Hall–Kier alpha value is -3.01. The highest BCUT2D eigenvalue weighted by atomic mass is 35.5. The minimum atomic E-state index is -3.97. The van der Waals surface area contributed by atoms with Gasteiger partial charge in [-0.2, -0.15) is 5.10 Å². The molecule has 0 saturated carbocycles. The van der Waals surface area contributed by atoms with E-state index in [1.54, 1.807) is 62.4 Å². The van der Waals surface area contributed by atoms with Crippen LogP contribution in [0.2, 0.25) is 5.02 Å². The molecule has 0 aliphatic rings. The summed E-state index contributed by atoms with van der Waals surface area (Å²) in [6.07, 6.45) is 1.36. The molecule has 0 spiro atoms. The Morgan fingerprint density at radius 1 is 1.10 bits per heavy atom. The summed E-state index contributed by atoms with van der Waals surface area (Å²) in [6.45, 7) is 3.52. The first-order chi connectivity index (χ1) is 14.2. The quantitative estimate of drug-likeness (QED) is 0.566.